The molecule has 1 aliphatic heterocycles. The molecular weight excluding hydrogens is 510 g/mol. The fraction of sp³-hybridized carbons (Fsp3) is 0.393. The third kappa shape index (κ3) is 5.04. The molecule has 12 heteroatoms. The molecule has 5 heterocycles. The largest absolute Gasteiger partial charge is 0.444 e. The second-order valence-corrected chi connectivity index (χ2v) is 11.3. The molecule has 1 amide bonds. The van der Waals surface area contributed by atoms with Crippen molar-refractivity contribution < 1.29 is 9.53 Å². The summed E-state index contributed by atoms with van der Waals surface area (Å²) in [6, 6.07) is 9.77. The van der Waals surface area contributed by atoms with Gasteiger partial charge in [-0.2, -0.15) is 5.10 Å². The Labute approximate surface area is 230 Å². The van der Waals surface area contributed by atoms with Gasteiger partial charge in [0.05, 0.1) is 17.6 Å². The first-order valence-corrected chi connectivity index (χ1v) is 13.4. The van der Waals surface area contributed by atoms with Gasteiger partial charge in [0.2, 0.25) is 0 Å². The maximum absolute atomic E-state index is 13.5. The fourth-order valence-electron chi connectivity index (χ4n) is 5.22. The smallest absolute Gasteiger partial charge is 0.410 e. The number of tetrazole rings is 1. The molecule has 0 bridgehead atoms. The average molecular weight is 542 g/mol. The van der Waals surface area contributed by atoms with Crippen molar-refractivity contribution in [1.29, 1.82) is 0 Å². The van der Waals surface area contributed by atoms with E-state index in [1.165, 1.54) is 0 Å². The van der Waals surface area contributed by atoms with Crippen LogP contribution in [0.3, 0.4) is 0 Å². The van der Waals surface area contributed by atoms with Crippen molar-refractivity contribution in [3.8, 4) is 11.3 Å². The number of imidazole rings is 1. The third-order valence-electron chi connectivity index (χ3n) is 7.11. The van der Waals surface area contributed by atoms with E-state index in [-0.39, 0.29) is 17.7 Å². The van der Waals surface area contributed by atoms with E-state index in [9.17, 15) is 9.59 Å². The van der Waals surface area contributed by atoms with Crippen molar-refractivity contribution in [3.05, 3.63) is 70.2 Å². The Kier molecular flexibility index (Phi) is 6.32. The van der Waals surface area contributed by atoms with E-state index >= 15 is 0 Å². The van der Waals surface area contributed by atoms with Crippen LogP contribution in [-0.4, -0.2) is 69.5 Å². The number of nitrogens with zero attached hydrogens (tertiary/aromatic N) is 8. The third-order valence-corrected chi connectivity index (χ3v) is 7.11. The zero-order valence-corrected chi connectivity index (χ0v) is 23.0. The summed E-state index contributed by atoms with van der Waals surface area (Å²) < 4.78 is 9.08. The number of pyridine rings is 1. The van der Waals surface area contributed by atoms with Gasteiger partial charge in [-0.25, -0.2) is 19.4 Å². The Hall–Kier alpha value is -4.61. The number of likely N-dealkylation sites (tertiary alicyclic amines) is 1. The van der Waals surface area contributed by atoms with Crippen LogP contribution in [-0.2, 0) is 11.2 Å². The summed E-state index contributed by atoms with van der Waals surface area (Å²) in [5, 5.41) is 20.4. The molecule has 1 aliphatic rings. The number of amides is 1. The highest BCUT2D eigenvalue weighted by Gasteiger charge is 2.28. The zero-order chi connectivity index (χ0) is 28.0. The molecule has 5 aromatic rings. The van der Waals surface area contributed by atoms with Gasteiger partial charge in [-0.15, -0.1) is 5.10 Å². The predicted molar refractivity (Wildman–Crippen MR) is 148 cm³/mol. The van der Waals surface area contributed by atoms with Gasteiger partial charge < -0.3 is 14.2 Å². The Morgan fingerprint density at radius 3 is 2.67 bits per heavy atom. The van der Waals surface area contributed by atoms with E-state index in [0.29, 0.717) is 43.6 Å². The molecule has 0 atom stereocenters. The number of carbonyl (C=O) groups excluding carboxylic acids is 1. The van der Waals surface area contributed by atoms with Gasteiger partial charge in [0, 0.05) is 48.3 Å². The van der Waals surface area contributed by atoms with E-state index in [1.54, 1.807) is 14.0 Å². The van der Waals surface area contributed by atoms with Gasteiger partial charge in [-0.1, -0.05) is 6.07 Å². The molecule has 1 aromatic carbocycles. The molecule has 0 unspecified atom stereocenters. The molecule has 40 heavy (non-hydrogen) atoms. The molecule has 0 spiro atoms. The first kappa shape index (κ1) is 25.7. The van der Waals surface area contributed by atoms with Crippen LogP contribution in [0.15, 0.2) is 47.5 Å². The van der Waals surface area contributed by atoms with Crippen molar-refractivity contribution in [2.45, 2.75) is 58.6 Å². The van der Waals surface area contributed by atoms with E-state index < -0.39 is 5.60 Å². The number of fused-ring (bicyclic) bond motifs is 2. The van der Waals surface area contributed by atoms with Crippen molar-refractivity contribution in [3.63, 3.8) is 0 Å². The number of piperidine rings is 1. The molecule has 206 valence electrons. The van der Waals surface area contributed by atoms with Crippen molar-refractivity contribution in [1.82, 2.24) is 44.7 Å². The lowest BCUT2D eigenvalue weighted by molar-refractivity contribution is 0.0187. The first-order chi connectivity index (χ1) is 19.1. The zero-order valence-electron chi connectivity index (χ0n) is 23.0. The van der Waals surface area contributed by atoms with Gasteiger partial charge in [0.15, 0.2) is 11.5 Å². The monoisotopic (exact) mass is 541 g/mol. The fourth-order valence-corrected chi connectivity index (χ4v) is 5.22. The summed E-state index contributed by atoms with van der Waals surface area (Å²) >= 11 is 0. The van der Waals surface area contributed by atoms with Crippen LogP contribution in [0.2, 0.25) is 0 Å². The summed E-state index contributed by atoms with van der Waals surface area (Å²) in [5.41, 5.74) is 3.62. The number of hydrogen-bond acceptors (Lipinski definition) is 8. The van der Waals surface area contributed by atoms with Crippen LogP contribution < -0.4 is 5.56 Å². The maximum atomic E-state index is 13.5. The number of ether oxygens (including phenoxy) is 1. The van der Waals surface area contributed by atoms with Crippen LogP contribution >= 0.6 is 0 Å². The average Bonchev–Trinajstić information content (AvgIpc) is 3.57. The molecule has 0 aliphatic carbocycles. The number of aromatic nitrogens is 8. The summed E-state index contributed by atoms with van der Waals surface area (Å²) in [4.78, 5) is 32.3. The number of hydrogen-bond donors (Lipinski definition) is 1. The van der Waals surface area contributed by atoms with Crippen LogP contribution in [0, 0.1) is 6.92 Å². The molecular formula is C28H31N9O3. The molecule has 4 aromatic heterocycles. The summed E-state index contributed by atoms with van der Waals surface area (Å²) in [5.74, 6) is 0.635. The summed E-state index contributed by atoms with van der Waals surface area (Å²) in [6.07, 6.45) is 5.31. The maximum Gasteiger partial charge on any atom is 0.410 e. The normalized spacial score (nSPS) is 14.8. The Morgan fingerprint density at radius 1 is 1.15 bits per heavy atom. The van der Waals surface area contributed by atoms with Crippen molar-refractivity contribution in [2.24, 2.45) is 0 Å². The SMILES string of the molecule is Cc1cn2nc(-c3ccc4c(=O)n(C5CCN(C(=O)OC(C)(C)C)CC5)ccc4c3)cc(Cc3nnn[nH]3)c2n1. The summed E-state index contributed by atoms with van der Waals surface area (Å²) in [7, 11) is 0. The quantitative estimate of drug-likeness (QED) is 0.364. The lowest BCUT2D eigenvalue weighted by atomic mass is 10.0. The highest BCUT2D eigenvalue weighted by atomic mass is 16.6. The van der Waals surface area contributed by atoms with Crippen LogP contribution in [0.5, 0.6) is 0 Å². The van der Waals surface area contributed by atoms with E-state index in [1.807, 2.05) is 70.4 Å². The second-order valence-electron chi connectivity index (χ2n) is 11.3. The summed E-state index contributed by atoms with van der Waals surface area (Å²) in [6.45, 7) is 8.62. The molecule has 6 rings (SSSR count). The Morgan fingerprint density at radius 2 is 1.95 bits per heavy atom. The molecule has 0 saturated carbocycles. The van der Waals surface area contributed by atoms with Gasteiger partial charge in [0.1, 0.15) is 5.60 Å². The molecule has 1 N–H and O–H groups in total. The number of nitrogens with one attached hydrogen (secondary N) is 1. The number of aromatic amines is 1. The number of H-pyrrole nitrogens is 1. The molecule has 1 fully saturated rings. The van der Waals surface area contributed by atoms with Crippen molar-refractivity contribution >= 4 is 22.5 Å². The second kappa shape index (κ2) is 9.85. The minimum atomic E-state index is -0.531. The highest BCUT2D eigenvalue weighted by Crippen LogP contribution is 2.27. The van der Waals surface area contributed by atoms with Crippen molar-refractivity contribution in [2.75, 3.05) is 13.1 Å². The lowest BCUT2D eigenvalue weighted by Gasteiger charge is -2.34. The van der Waals surface area contributed by atoms with Gasteiger partial charge in [0.25, 0.3) is 5.56 Å². The molecule has 0 radical (unpaired) electrons. The first-order valence-electron chi connectivity index (χ1n) is 13.4. The van der Waals surface area contributed by atoms with Crippen LogP contribution in [0.1, 0.15) is 56.7 Å². The van der Waals surface area contributed by atoms with Gasteiger partial charge >= 0.3 is 6.09 Å². The molecule has 12 nitrogen and oxygen atoms in total. The highest BCUT2D eigenvalue weighted by molar-refractivity contribution is 5.86. The lowest BCUT2D eigenvalue weighted by Crippen LogP contribution is -2.43. The number of carbonyl (C=O) groups is 1. The predicted octanol–water partition coefficient (Wildman–Crippen LogP) is 3.70. The van der Waals surface area contributed by atoms with E-state index in [4.69, 9.17) is 9.84 Å². The van der Waals surface area contributed by atoms with Gasteiger partial charge in [-0.3, -0.25) is 4.79 Å². The number of rotatable bonds is 4. The number of aryl methyl sites for hydroxylation is 1. The van der Waals surface area contributed by atoms with Crippen LogP contribution in [0.4, 0.5) is 4.79 Å². The topological polar surface area (TPSA) is 136 Å². The number of benzene rings is 1. The minimum Gasteiger partial charge on any atom is -0.444 e. The molecule has 1 saturated heterocycles. The minimum absolute atomic E-state index is 0.0250. The van der Waals surface area contributed by atoms with Gasteiger partial charge in [-0.05, 0) is 80.6 Å². The van der Waals surface area contributed by atoms with Crippen LogP contribution in [0.25, 0.3) is 27.7 Å². The standard InChI is InChI=1S/C28H31N9O3/c1-17-16-37-25(29-17)20(15-24-30-33-34-31-24)14-23(32-37)19-5-6-22-18(13-19)7-12-36(26(22)38)21-8-10-35(11-9-21)27(39)40-28(2,3)4/h5-7,12-14,16,21H,8-11,15H2,1-4H3,(H,30,31,33,34). The van der Waals surface area contributed by atoms with E-state index in [2.05, 4.69) is 25.6 Å². The Bertz CT molecular complexity index is 1760. The Balaban J connectivity index is 1.27. The van der Waals surface area contributed by atoms with E-state index in [0.717, 1.165) is 33.5 Å².